The van der Waals surface area contributed by atoms with Crippen molar-refractivity contribution in [1.29, 1.82) is 0 Å². The van der Waals surface area contributed by atoms with Crippen LogP contribution < -0.4 is 0 Å². The molecule has 5 heteroatoms. The van der Waals surface area contributed by atoms with Gasteiger partial charge in [0.2, 0.25) is 0 Å². The minimum atomic E-state index is -2.89. The summed E-state index contributed by atoms with van der Waals surface area (Å²) in [5, 5.41) is 0. The zero-order valence-electron chi connectivity index (χ0n) is 9.70. The Morgan fingerprint density at radius 3 is 1.87 bits per heavy atom. The first kappa shape index (κ1) is 13.9. The van der Waals surface area contributed by atoms with E-state index in [1.807, 2.05) is 13.8 Å². The Labute approximate surface area is 91.5 Å². The Kier molecular flexibility index (Phi) is 5.28. The van der Waals surface area contributed by atoms with Crippen LogP contribution in [0.25, 0.3) is 0 Å². The van der Waals surface area contributed by atoms with E-state index in [0.29, 0.717) is 6.04 Å². The predicted molar refractivity (Wildman–Crippen MR) is 59.1 cm³/mol. The van der Waals surface area contributed by atoms with Gasteiger partial charge in [0, 0.05) is 19.9 Å². The van der Waals surface area contributed by atoms with E-state index in [1.54, 1.807) is 0 Å². The zero-order valence-corrected chi connectivity index (χ0v) is 10.7. The number of rotatable bonds is 5. The van der Waals surface area contributed by atoms with E-state index in [-0.39, 0.29) is 5.92 Å². The Morgan fingerprint density at radius 1 is 1.27 bits per heavy atom. The van der Waals surface area contributed by atoms with Gasteiger partial charge < -0.3 is 8.85 Å². The van der Waals surface area contributed by atoms with Crippen molar-refractivity contribution in [1.82, 2.24) is 0 Å². The highest BCUT2D eigenvalue weighted by atomic mass is 28.4. The molecule has 0 aliphatic rings. The van der Waals surface area contributed by atoms with Gasteiger partial charge >= 0.3 is 8.56 Å². The average Bonchev–Trinajstić information content (AvgIpc) is 1.99. The van der Waals surface area contributed by atoms with E-state index in [4.69, 9.17) is 8.85 Å². The van der Waals surface area contributed by atoms with Gasteiger partial charge in [0.25, 0.3) is 11.9 Å². The van der Waals surface area contributed by atoms with E-state index in [1.165, 1.54) is 19.5 Å². The van der Waals surface area contributed by atoms with Gasteiger partial charge in [-0.3, -0.25) is 9.59 Å². The molecule has 0 heterocycles. The molecule has 0 aromatic rings. The SMILES string of the molecule is C=C[Si](CC(C)C)(OC(C)=O)OC(C)=O. The molecule has 4 nitrogen and oxygen atoms in total. The van der Waals surface area contributed by atoms with Crippen molar-refractivity contribution in [3.63, 3.8) is 0 Å². The summed E-state index contributed by atoms with van der Waals surface area (Å²) in [7, 11) is -2.89. The highest BCUT2D eigenvalue weighted by Crippen LogP contribution is 2.21. The molecule has 15 heavy (non-hydrogen) atoms. The number of carbonyl (C=O) groups excluding carboxylic acids is 2. The second-order valence-electron chi connectivity index (χ2n) is 3.80. The maximum atomic E-state index is 11.0. The summed E-state index contributed by atoms with van der Waals surface area (Å²) in [6, 6.07) is 0.537. The summed E-state index contributed by atoms with van der Waals surface area (Å²) in [5.74, 6) is -0.611. The Balaban J connectivity index is 4.82. The first-order valence-electron chi connectivity index (χ1n) is 4.84. The molecule has 0 fully saturated rings. The number of carbonyl (C=O) groups is 2. The molecule has 0 saturated carbocycles. The van der Waals surface area contributed by atoms with Crippen molar-refractivity contribution in [2.75, 3.05) is 0 Å². The van der Waals surface area contributed by atoms with Gasteiger partial charge in [0.05, 0.1) is 0 Å². The lowest BCUT2D eigenvalue weighted by Gasteiger charge is -2.26. The molecule has 0 amide bonds. The molecule has 0 radical (unpaired) electrons. The lowest BCUT2D eigenvalue weighted by molar-refractivity contribution is -0.138. The van der Waals surface area contributed by atoms with E-state index in [2.05, 4.69) is 6.58 Å². The van der Waals surface area contributed by atoms with Crippen molar-refractivity contribution in [2.24, 2.45) is 5.92 Å². The van der Waals surface area contributed by atoms with Crippen LogP contribution in [0.1, 0.15) is 27.7 Å². The van der Waals surface area contributed by atoms with Gasteiger partial charge in [0.1, 0.15) is 0 Å². The van der Waals surface area contributed by atoms with Crippen LogP contribution in [0.3, 0.4) is 0 Å². The molecule has 0 spiro atoms. The van der Waals surface area contributed by atoms with Crippen LogP contribution in [0, 0.1) is 5.92 Å². The van der Waals surface area contributed by atoms with Crippen LogP contribution in [0.5, 0.6) is 0 Å². The largest absolute Gasteiger partial charge is 0.491 e. The van der Waals surface area contributed by atoms with Crippen LogP contribution in [0.2, 0.25) is 6.04 Å². The molecule has 0 saturated heterocycles. The van der Waals surface area contributed by atoms with Gasteiger partial charge in [0.15, 0.2) is 0 Å². The average molecular weight is 230 g/mol. The van der Waals surface area contributed by atoms with Gasteiger partial charge in [-0.05, 0) is 11.6 Å². The third-order valence-electron chi connectivity index (χ3n) is 1.64. The molecule has 86 valence electrons. The van der Waals surface area contributed by atoms with Gasteiger partial charge in [-0.15, -0.1) is 6.58 Å². The van der Waals surface area contributed by atoms with Crippen molar-refractivity contribution in [3.05, 3.63) is 12.3 Å². The molecular weight excluding hydrogens is 212 g/mol. The smallest absolute Gasteiger partial charge is 0.482 e. The first-order valence-corrected chi connectivity index (χ1v) is 6.94. The second kappa shape index (κ2) is 5.70. The topological polar surface area (TPSA) is 52.6 Å². The maximum Gasteiger partial charge on any atom is 0.491 e. The van der Waals surface area contributed by atoms with E-state index in [9.17, 15) is 9.59 Å². The quantitative estimate of drug-likeness (QED) is 0.677. The molecular formula is C10H18O4Si. The molecule has 0 aliphatic carbocycles. The van der Waals surface area contributed by atoms with Crippen molar-refractivity contribution in [2.45, 2.75) is 33.7 Å². The van der Waals surface area contributed by atoms with Crippen LogP contribution >= 0.6 is 0 Å². The standard InChI is InChI=1S/C10H18O4Si/c1-6-15(7-8(2)3,13-9(4)11)14-10(5)12/h6,8H,1,7H2,2-5H3. The summed E-state index contributed by atoms with van der Waals surface area (Å²) in [6.45, 7) is 10.1. The zero-order chi connectivity index (χ0) is 12.1. The highest BCUT2D eigenvalue weighted by molar-refractivity contribution is 6.75. The third-order valence-corrected chi connectivity index (χ3v) is 4.91. The Bertz CT molecular complexity index is 244. The monoisotopic (exact) mass is 230 g/mol. The number of hydrogen-bond acceptors (Lipinski definition) is 4. The lowest BCUT2D eigenvalue weighted by Crippen LogP contribution is -2.44. The lowest BCUT2D eigenvalue weighted by atomic mass is 10.3. The van der Waals surface area contributed by atoms with Crippen LogP contribution in [-0.2, 0) is 18.4 Å². The summed E-state index contributed by atoms with van der Waals surface area (Å²) < 4.78 is 10.3. The minimum Gasteiger partial charge on any atom is -0.482 e. The highest BCUT2D eigenvalue weighted by Gasteiger charge is 2.41. The van der Waals surface area contributed by atoms with Crippen molar-refractivity contribution >= 4 is 20.5 Å². The van der Waals surface area contributed by atoms with Crippen molar-refractivity contribution in [3.8, 4) is 0 Å². The molecule has 0 aromatic carbocycles. The van der Waals surface area contributed by atoms with E-state index in [0.717, 1.165) is 0 Å². The Morgan fingerprint density at radius 2 is 1.67 bits per heavy atom. The Hall–Kier alpha value is -1.10. The fourth-order valence-corrected chi connectivity index (χ4v) is 3.98. The van der Waals surface area contributed by atoms with Gasteiger partial charge in [-0.2, -0.15) is 0 Å². The normalized spacial score (nSPS) is 11.0. The van der Waals surface area contributed by atoms with Gasteiger partial charge in [-0.1, -0.05) is 13.8 Å². The fourth-order valence-electron chi connectivity index (χ4n) is 1.33. The predicted octanol–water partition coefficient (Wildman–Crippen LogP) is 1.94. The second-order valence-corrected chi connectivity index (χ2v) is 6.65. The molecule has 0 aromatic heterocycles. The van der Waals surface area contributed by atoms with E-state index < -0.39 is 20.5 Å². The van der Waals surface area contributed by atoms with E-state index >= 15 is 0 Å². The molecule has 0 rings (SSSR count). The first-order chi connectivity index (χ1) is 6.81. The summed E-state index contributed by atoms with van der Waals surface area (Å²) in [6.07, 6.45) is 0. The fraction of sp³-hybridized carbons (Fsp3) is 0.600. The van der Waals surface area contributed by atoms with Gasteiger partial charge in [-0.25, -0.2) is 0 Å². The summed E-state index contributed by atoms with van der Waals surface area (Å²) in [4.78, 5) is 21.9. The van der Waals surface area contributed by atoms with Crippen LogP contribution in [0.15, 0.2) is 12.3 Å². The van der Waals surface area contributed by atoms with Crippen molar-refractivity contribution < 1.29 is 18.4 Å². The summed E-state index contributed by atoms with van der Waals surface area (Å²) >= 11 is 0. The van der Waals surface area contributed by atoms with Crippen LogP contribution in [-0.4, -0.2) is 20.5 Å². The molecule has 0 unspecified atom stereocenters. The molecule has 0 aliphatic heterocycles. The number of hydrogen-bond donors (Lipinski definition) is 0. The molecule has 0 N–H and O–H groups in total. The molecule has 0 atom stereocenters. The summed E-state index contributed by atoms with van der Waals surface area (Å²) in [5.41, 5.74) is 1.48. The molecule has 0 bridgehead atoms. The maximum absolute atomic E-state index is 11.0. The third kappa shape index (κ3) is 5.36. The minimum absolute atomic E-state index is 0.272. The van der Waals surface area contributed by atoms with Crippen LogP contribution in [0.4, 0.5) is 0 Å².